The molecule has 2 rings (SSSR count). The molecule has 1 aromatic rings. The van der Waals surface area contributed by atoms with Crippen LogP contribution in [0.4, 0.5) is 0 Å². The fourth-order valence-corrected chi connectivity index (χ4v) is 1.51. The Morgan fingerprint density at radius 2 is 2.00 bits per heavy atom. The standard InChI is InChI=1S/C13H15NO2/c1-10(2)16-12-8-9-15-14-13(12)11-6-4-3-5-7-11/h3-8,10H,9H2,1-2H3. The van der Waals surface area contributed by atoms with Gasteiger partial charge in [0.05, 0.1) is 6.10 Å². The number of rotatable bonds is 3. The van der Waals surface area contributed by atoms with Crippen LogP contribution in [0.25, 0.3) is 0 Å². The van der Waals surface area contributed by atoms with Crippen molar-refractivity contribution in [2.45, 2.75) is 20.0 Å². The van der Waals surface area contributed by atoms with Gasteiger partial charge in [-0.25, -0.2) is 0 Å². The van der Waals surface area contributed by atoms with Crippen LogP contribution in [-0.2, 0) is 9.57 Å². The summed E-state index contributed by atoms with van der Waals surface area (Å²) in [5.74, 6) is 0.799. The van der Waals surface area contributed by atoms with Gasteiger partial charge in [0.1, 0.15) is 12.4 Å². The summed E-state index contributed by atoms with van der Waals surface area (Å²) in [6.45, 7) is 4.47. The highest BCUT2D eigenvalue weighted by Gasteiger charge is 2.16. The smallest absolute Gasteiger partial charge is 0.151 e. The van der Waals surface area contributed by atoms with Gasteiger partial charge in [-0.05, 0) is 13.8 Å². The van der Waals surface area contributed by atoms with Crippen molar-refractivity contribution in [3.8, 4) is 0 Å². The van der Waals surface area contributed by atoms with Gasteiger partial charge < -0.3 is 9.57 Å². The van der Waals surface area contributed by atoms with Crippen molar-refractivity contribution in [1.82, 2.24) is 0 Å². The Bertz CT molecular complexity index is 407. The molecule has 0 aliphatic carbocycles. The van der Waals surface area contributed by atoms with E-state index in [1.54, 1.807) is 0 Å². The van der Waals surface area contributed by atoms with Crippen LogP contribution < -0.4 is 0 Å². The monoisotopic (exact) mass is 217 g/mol. The van der Waals surface area contributed by atoms with E-state index in [9.17, 15) is 0 Å². The van der Waals surface area contributed by atoms with Gasteiger partial charge in [-0.3, -0.25) is 0 Å². The first-order valence-electron chi connectivity index (χ1n) is 5.40. The summed E-state index contributed by atoms with van der Waals surface area (Å²) in [6, 6.07) is 9.90. The summed E-state index contributed by atoms with van der Waals surface area (Å²) >= 11 is 0. The second kappa shape index (κ2) is 4.84. The zero-order valence-electron chi connectivity index (χ0n) is 9.51. The average Bonchev–Trinajstić information content (AvgIpc) is 2.30. The van der Waals surface area contributed by atoms with Crippen LogP contribution in [0.15, 0.2) is 47.3 Å². The van der Waals surface area contributed by atoms with Crippen LogP contribution in [0.2, 0.25) is 0 Å². The molecule has 0 amide bonds. The summed E-state index contributed by atoms with van der Waals surface area (Å²) in [5, 5.41) is 4.06. The Morgan fingerprint density at radius 1 is 1.25 bits per heavy atom. The molecular formula is C13H15NO2. The van der Waals surface area contributed by atoms with Crippen molar-refractivity contribution in [3.63, 3.8) is 0 Å². The highest BCUT2D eigenvalue weighted by atomic mass is 16.6. The lowest BCUT2D eigenvalue weighted by atomic mass is 10.1. The number of hydrogen-bond donors (Lipinski definition) is 0. The molecule has 0 N–H and O–H groups in total. The molecule has 0 aromatic heterocycles. The van der Waals surface area contributed by atoms with E-state index in [1.165, 1.54) is 0 Å². The van der Waals surface area contributed by atoms with E-state index in [0.717, 1.165) is 17.0 Å². The van der Waals surface area contributed by atoms with Crippen molar-refractivity contribution in [2.75, 3.05) is 6.61 Å². The summed E-state index contributed by atoms with van der Waals surface area (Å²) in [7, 11) is 0. The molecule has 84 valence electrons. The Kier molecular flexibility index (Phi) is 3.25. The predicted molar refractivity (Wildman–Crippen MR) is 63.2 cm³/mol. The van der Waals surface area contributed by atoms with Crippen LogP contribution in [0.5, 0.6) is 0 Å². The first-order valence-corrected chi connectivity index (χ1v) is 5.40. The molecule has 0 saturated carbocycles. The van der Waals surface area contributed by atoms with E-state index >= 15 is 0 Å². The van der Waals surface area contributed by atoms with E-state index in [2.05, 4.69) is 5.16 Å². The van der Waals surface area contributed by atoms with Crippen molar-refractivity contribution in [2.24, 2.45) is 5.16 Å². The van der Waals surface area contributed by atoms with Gasteiger partial charge in [-0.2, -0.15) is 0 Å². The first-order chi connectivity index (χ1) is 7.77. The lowest BCUT2D eigenvalue weighted by Crippen LogP contribution is -2.16. The maximum Gasteiger partial charge on any atom is 0.151 e. The number of allylic oxidation sites excluding steroid dienone is 1. The molecule has 0 spiro atoms. The van der Waals surface area contributed by atoms with E-state index in [4.69, 9.17) is 9.57 Å². The van der Waals surface area contributed by atoms with E-state index < -0.39 is 0 Å². The molecule has 0 unspecified atom stereocenters. The minimum atomic E-state index is 0.137. The van der Waals surface area contributed by atoms with Crippen molar-refractivity contribution in [1.29, 1.82) is 0 Å². The van der Waals surface area contributed by atoms with Crippen LogP contribution in [0.3, 0.4) is 0 Å². The molecule has 3 heteroatoms. The molecule has 1 aliphatic heterocycles. The zero-order chi connectivity index (χ0) is 11.4. The summed E-state index contributed by atoms with van der Waals surface area (Å²) in [5.41, 5.74) is 1.77. The largest absolute Gasteiger partial charge is 0.489 e. The molecule has 1 aromatic carbocycles. The Labute approximate surface area is 95.4 Å². The lowest BCUT2D eigenvalue weighted by Gasteiger charge is -2.18. The van der Waals surface area contributed by atoms with Crippen molar-refractivity contribution in [3.05, 3.63) is 47.7 Å². The van der Waals surface area contributed by atoms with E-state index in [-0.39, 0.29) is 6.10 Å². The Hall–Kier alpha value is -1.77. The van der Waals surface area contributed by atoms with E-state index in [1.807, 2.05) is 50.3 Å². The quantitative estimate of drug-likeness (QED) is 0.779. The molecule has 0 fully saturated rings. The maximum absolute atomic E-state index is 5.71. The second-order valence-electron chi connectivity index (χ2n) is 3.84. The van der Waals surface area contributed by atoms with Gasteiger partial charge in [-0.15, -0.1) is 0 Å². The minimum absolute atomic E-state index is 0.137. The van der Waals surface area contributed by atoms with Crippen LogP contribution in [-0.4, -0.2) is 18.4 Å². The number of oxime groups is 1. The molecule has 0 saturated heterocycles. The topological polar surface area (TPSA) is 30.8 Å². The molecule has 0 bridgehead atoms. The van der Waals surface area contributed by atoms with Gasteiger partial charge >= 0.3 is 0 Å². The van der Waals surface area contributed by atoms with Gasteiger partial charge in [0, 0.05) is 11.6 Å². The third kappa shape index (κ3) is 2.42. The Balaban J connectivity index is 2.25. The molecule has 3 nitrogen and oxygen atoms in total. The van der Waals surface area contributed by atoms with Crippen LogP contribution in [0.1, 0.15) is 19.4 Å². The number of ether oxygens (including phenoxy) is 1. The lowest BCUT2D eigenvalue weighted by molar-refractivity contribution is 0.132. The molecule has 1 heterocycles. The van der Waals surface area contributed by atoms with Gasteiger partial charge in [0.15, 0.2) is 5.71 Å². The number of nitrogens with zero attached hydrogens (tertiary/aromatic N) is 1. The zero-order valence-corrected chi connectivity index (χ0v) is 9.51. The summed E-state index contributed by atoms with van der Waals surface area (Å²) in [6.07, 6.45) is 2.05. The molecule has 1 aliphatic rings. The molecule has 0 radical (unpaired) electrons. The highest BCUT2D eigenvalue weighted by Crippen LogP contribution is 2.16. The third-order valence-electron chi connectivity index (χ3n) is 2.14. The summed E-state index contributed by atoms with van der Waals surface area (Å²) < 4.78 is 5.71. The minimum Gasteiger partial charge on any atom is -0.489 e. The maximum atomic E-state index is 5.71. The van der Waals surface area contributed by atoms with Crippen LogP contribution >= 0.6 is 0 Å². The SMILES string of the molecule is CC(C)OC1=CCON=C1c1ccccc1. The number of hydrogen-bond acceptors (Lipinski definition) is 3. The average molecular weight is 217 g/mol. The van der Waals surface area contributed by atoms with Crippen LogP contribution in [0, 0.1) is 0 Å². The van der Waals surface area contributed by atoms with E-state index in [0.29, 0.717) is 6.61 Å². The second-order valence-corrected chi connectivity index (χ2v) is 3.84. The van der Waals surface area contributed by atoms with Crippen molar-refractivity contribution >= 4 is 5.71 Å². The number of benzene rings is 1. The fourth-order valence-electron chi connectivity index (χ4n) is 1.51. The Morgan fingerprint density at radius 3 is 2.69 bits per heavy atom. The molecular weight excluding hydrogens is 202 g/mol. The molecule has 0 atom stereocenters. The third-order valence-corrected chi connectivity index (χ3v) is 2.14. The highest BCUT2D eigenvalue weighted by molar-refractivity contribution is 6.11. The summed E-state index contributed by atoms with van der Waals surface area (Å²) in [4.78, 5) is 5.08. The van der Waals surface area contributed by atoms with Gasteiger partial charge in [-0.1, -0.05) is 35.5 Å². The fraction of sp³-hybridized carbons (Fsp3) is 0.308. The first kappa shape index (κ1) is 10.7. The predicted octanol–water partition coefficient (Wildman–Crippen LogP) is 2.73. The van der Waals surface area contributed by atoms with Gasteiger partial charge in [0.25, 0.3) is 0 Å². The molecule has 16 heavy (non-hydrogen) atoms. The normalized spacial score (nSPS) is 15.2. The van der Waals surface area contributed by atoms with Crippen molar-refractivity contribution < 1.29 is 9.57 Å². The van der Waals surface area contributed by atoms with Gasteiger partial charge in [0.2, 0.25) is 0 Å².